The molecular formula is C18H36N2O4. The minimum absolute atomic E-state index is 0.0941. The van der Waals surface area contributed by atoms with Crippen molar-refractivity contribution in [1.82, 2.24) is 10.6 Å². The molecule has 2 unspecified atom stereocenters. The van der Waals surface area contributed by atoms with E-state index in [4.69, 9.17) is 9.47 Å². The lowest BCUT2D eigenvalue weighted by molar-refractivity contribution is -0.132. The first-order valence-corrected chi connectivity index (χ1v) is 9.05. The molecule has 0 saturated heterocycles. The van der Waals surface area contributed by atoms with Crippen molar-refractivity contribution in [1.29, 1.82) is 0 Å². The van der Waals surface area contributed by atoms with E-state index in [0.717, 1.165) is 6.42 Å². The smallest absolute Gasteiger partial charge is 0.223 e. The zero-order valence-electron chi connectivity index (χ0n) is 16.2. The zero-order valence-corrected chi connectivity index (χ0v) is 16.2. The van der Waals surface area contributed by atoms with E-state index in [9.17, 15) is 9.59 Å². The molecule has 0 rings (SSSR count). The topological polar surface area (TPSA) is 76.7 Å². The van der Waals surface area contributed by atoms with Crippen LogP contribution in [-0.4, -0.2) is 50.3 Å². The average molecular weight is 344 g/mol. The van der Waals surface area contributed by atoms with E-state index in [1.165, 1.54) is 0 Å². The van der Waals surface area contributed by atoms with Gasteiger partial charge in [0.05, 0.1) is 25.4 Å². The summed E-state index contributed by atoms with van der Waals surface area (Å²) in [7, 11) is 0. The number of rotatable bonds is 13. The molecule has 6 nitrogen and oxygen atoms in total. The molecule has 0 aromatic heterocycles. The van der Waals surface area contributed by atoms with Crippen LogP contribution < -0.4 is 10.6 Å². The van der Waals surface area contributed by atoms with Gasteiger partial charge in [-0.25, -0.2) is 0 Å². The Morgan fingerprint density at radius 2 is 1.50 bits per heavy atom. The maximum Gasteiger partial charge on any atom is 0.223 e. The van der Waals surface area contributed by atoms with Crippen molar-refractivity contribution in [2.75, 3.05) is 26.3 Å². The van der Waals surface area contributed by atoms with Crippen LogP contribution >= 0.6 is 0 Å². The summed E-state index contributed by atoms with van der Waals surface area (Å²) in [4.78, 5) is 24.3. The number of nitrogens with one attached hydrogen (secondary N) is 2. The van der Waals surface area contributed by atoms with Gasteiger partial charge in [-0.2, -0.15) is 0 Å². The van der Waals surface area contributed by atoms with Gasteiger partial charge < -0.3 is 20.1 Å². The molecule has 0 fully saturated rings. The molecule has 2 atom stereocenters. The first-order valence-electron chi connectivity index (χ1n) is 9.05. The van der Waals surface area contributed by atoms with Crippen molar-refractivity contribution in [3.8, 4) is 0 Å². The molecule has 0 aliphatic rings. The number of carbonyl (C=O) groups excluding carboxylic acids is 2. The molecule has 0 bridgehead atoms. The third-order valence-corrected chi connectivity index (χ3v) is 3.80. The number of amides is 2. The van der Waals surface area contributed by atoms with Gasteiger partial charge in [0, 0.05) is 25.4 Å². The molecule has 0 aliphatic heterocycles. The minimum atomic E-state index is -0.334. The molecule has 0 spiro atoms. The van der Waals surface area contributed by atoms with Crippen molar-refractivity contribution >= 4 is 11.8 Å². The monoisotopic (exact) mass is 344 g/mol. The lowest BCUT2D eigenvalue weighted by Gasteiger charge is -2.20. The molecular weight excluding hydrogens is 308 g/mol. The summed E-state index contributed by atoms with van der Waals surface area (Å²) in [6, 6.07) is 0. The Hall–Kier alpha value is -1.14. The summed E-state index contributed by atoms with van der Waals surface area (Å²) in [6.07, 6.45) is 1.48. The molecule has 2 amide bonds. The number of hydrogen-bond acceptors (Lipinski definition) is 4. The quantitative estimate of drug-likeness (QED) is 0.502. The maximum absolute atomic E-state index is 12.3. The third-order valence-electron chi connectivity index (χ3n) is 3.80. The Labute approximate surface area is 147 Å². The second-order valence-electron chi connectivity index (χ2n) is 6.70. The molecule has 6 heteroatoms. The largest absolute Gasteiger partial charge is 0.377 e. The van der Waals surface area contributed by atoms with Crippen LogP contribution in [-0.2, 0) is 19.1 Å². The molecule has 2 N–H and O–H groups in total. The van der Waals surface area contributed by atoms with Crippen LogP contribution in [0.2, 0.25) is 0 Å². The van der Waals surface area contributed by atoms with Gasteiger partial charge in [-0.1, -0.05) is 20.8 Å². The second-order valence-corrected chi connectivity index (χ2v) is 6.70. The highest BCUT2D eigenvalue weighted by atomic mass is 16.5. The third kappa shape index (κ3) is 11.4. The van der Waals surface area contributed by atoms with Crippen molar-refractivity contribution in [3.63, 3.8) is 0 Å². The average Bonchev–Trinajstić information content (AvgIpc) is 2.52. The standard InChI is InChI=1S/C18H36N2O4/c1-7-15(6)24-11-8-19-17(21)12-16(13(2)3)18(22)20-9-10-23-14(4)5/h13-16H,7-12H2,1-6H3,(H,19,21)(H,20,22). The Morgan fingerprint density at radius 1 is 0.917 bits per heavy atom. The lowest BCUT2D eigenvalue weighted by atomic mass is 9.91. The van der Waals surface area contributed by atoms with Crippen LogP contribution in [0.4, 0.5) is 0 Å². The van der Waals surface area contributed by atoms with E-state index < -0.39 is 0 Å². The van der Waals surface area contributed by atoms with Crippen LogP contribution in [0.5, 0.6) is 0 Å². The van der Waals surface area contributed by atoms with Crippen molar-refractivity contribution in [3.05, 3.63) is 0 Å². The summed E-state index contributed by atoms with van der Waals surface area (Å²) in [5, 5.41) is 5.66. The van der Waals surface area contributed by atoms with Gasteiger partial charge in [0.25, 0.3) is 0 Å². The van der Waals surface area contributed by atoms with Gasteiger partial charge in [-0.05, 0) is 33.1 Å². The van der Waals surface area contributed by atoms with Gasteiger partial charge in [-0.15, -0.1) is 0 Å². The molecule has 0 heterocycles. The van der Waals surface area contributed by atoms with Crippen molar-refractivity contribution < 1.29 is 19.1 Å². The number of hydrogen-bond donors (Lipinski definition) is 2. The highest BCUT2D eigenvalue weighted by molar-refractivity contribution is 5.85. The van der Waals surface area contributed by atoms with Crippen LogP contribution in [0.25, 0.3) is 0 Å². The predicted molar refractivity (Wildman–Crippen MR) is 95.8 cm³/mol. The Kier molecular flexibility index (Phi) is 12.6. The first-order chi connectivity index (χ1) is 11.3. The SMILES string of the molecule is CCC(C)OCCNC(=O)CC(C(=O)NCCOC(C)C)C(C)C. The highest BCUT2D eigenvalue weighted by Gasteiger charge is 2.24. The fraction of sp³-hybridized carbons (Fsp3) is 0.889. The molecule has 0 saturated carbocycles. The van der Waals surface area contributed by atoms with E-state index >= 15 is 0 Å². The van der Waals surface area contributed by atoms with E-state index in [-0.39, 0.29) is 42.3 Å². The summed E-state index contributed by atoms with van der Waals surface area (Å²) in [6.45, 7) is 13.8. The van der Waals surface area contributed by atoms with Gasteiger partial charge in [-0.3, -0.25) is 9.59 Å². The van der Waals surface area contributed by atoms with Crippen LogP contribution in [0.3, 0.4) is 0 Å². The second kappa shape index (κ2) is 13.2. The number of ether oxygens (including phenoxy) is 2. The Morgan fingerprint density at radius 3 is 2.04 bits per heavy atom. The molecule has 142 valence electrons. The van der Waals surface area contributed by atoms with E-state index in [0.29, 0.717) is 26.3 Å². The molecule has 24 heavy (non-hydrogen) atoms. The van der Waals surface area contributed by atoms with Crippen molar-refractivity contribution in [2.24, 2.45) is 11.8 Å². The normalized spacial score (nSPS) is 13.8. The number of carbonyl (C=O) groups is 2. The van der Waals surface area contributed by atoms with E-state index in [2.05, 4.69) is 17.6 Å². The molecule has 0 aliphatic carbocycles. The van der Waals surface area contributed by atoms with Crippen LogP contribution in [0.15, 0.2) is 0 Å². The Balaban J connectivity index is 4.12. The minimum Gasteiger partial charge on any atom is -0.377 e. The summed E-state index contributed by atoms with van der Waals surface area (Å²) in [5.41, 5.74) is 0. The van der Waals surface area contributed by atoms with E-state index in [1.807, 2.05) is 34.6 Å². The molecule has 0 radical (unpaired) electrons. The molecule has 0 aromatic carbocycles. The summed E-state index contributed by atoms with van der Waals surface area (Å²) < 4.78 is 10.9. The lowest BCUT2D eigenvalue weighted by Crippen LogP contribution is -2.39. The van der Waals surface area contributed by atoms with Crippen LogP contribution in [0, 0.1) is 11.8 Å². The summed E-state index contributed by atoms with van der Waals surface area (Å²) >= 11 is 0. The van der Waals surface area contributed by atoms with Crippen molar-refractivity contribution in [2.45, 2.75) is 66.6 Å². The fourth-order valence-corrected chi connectivity index (χ4v) is 2.07. The van der Waals surface area contributed by atoms with Gasteiger partial charge in [0.1, 0.15) is 0 Å². The zero-order chi connectivity index (χ0) is 18.5. The predicted octanol–water partition coefficient (Wildman–Crippen LogP) is 2.12. The fourth-order valence-electron chi connectivity index (χ4n) is 2.07. The van der Waals surface area contributed by atoms with E-state index in [1.54, 1.807) is 0 Å². The van der Waals surface area contributed by atoms with Gasteiger partial charge >= 0.3 is 0 Å². The maximum atomic E-state index is 12.3. The van der Waals surface area contributed by atoms with Gasteiger partial charge in [0.2, 0.25) is 11.8 Å². The summed E-state index contributed by atoms with van der Waals surface area (Å²) in [5.74, 6) is -0.448. The molecule has 0 aromatic rings. The highest BCUT2D eigenvalue weighted by Crippen LogP contribution is 2.15. The van der Waals surface area contributed by atoms with Crippen LogP contribution in [0.1, 0.15) is 54.4 Å². The van der Waals surface area contributed by atoms with Gasteiger partial charge in [0.15, 0.2) is 0 Å². The Bertz CT molecular complexity index is 359. The first kappa shape index (κ1) is 22.9.